The molecule has 1 aromatic carbocycles. The zero-order valence-electron chi connectivity index (χ0n) is 13.1. The number of hydrogen-bond donors (Lipinski definition) is 3. The number of benzene rings is 1. The van der Waals surface area contributed by atoms with E-state index in [1.165, 1.54) is 12.1 Å². The number of nitrogens with one attached hydrogen (secondary N) is 1. The van der Waals surface area contributed by atoms with Crippen LogP contribution in [0.3, 0.4) is 0 Å². The number of hydrogen-bond acceptors (Lipinski definition) is 4. The molecule has 9 heteroatoms. The maximum Gasteiger partial charge on any atom is 0.225 e. The van der Waals surface area contributed by atoms with E-state index in [2.05, 4.69) is 9.97 Å². The molecule has 0 saturated heterocycles. The average molecular weight is 379 g/mol. The first-order chi connectivity index (χ1) is 10.4. The van der Waals surface area contributed by atoms with Gasteiger partial charge in [-0.25, -0.2) is 9.37 Å². The number of nitrogens with two attached hydrogens (primary N) is 1. The number of halogens is 3. The Balaban J connectivity index is 0.00000144. The van der Waals surface area contributed by atoms with Gasteiger partial charge in [-0.2, -0.15) is 0 Å². The van der Waals surface area contributed by atoms with Crippen LogP contribution in [-0.4, -0.2) is 45.1 Å². The number of amides is 1. The van der Waals surface area contributed by atoms with E-state index in [0.29, 0.717) is 36.2 Å². The van der Waals surface area contributed by atoms with Crippen LogP contribution in [0.1, 0.15) is 18.7 Å². The second-order valence-electron chi connectivity index (χ2n) is 5.94. The largest absolute Gasteiger partial charge is 0.391 e. The Morgan fingerprint density at radius 3 is 2.79 bits per heavy atom. The lowest BCUT2D eigenvalue weighted by atomic mass is 10.1. The summed E-state index contributed by atoms with van der Waals surface area (Å²) < 4.78 is 13.2. The van der Waals surface area contributed by atoms with Crippen molar-refractivity contribution in [3.8, 4) is 0 Å². The molecule has 4 N–H and O–H groups in total. The molecule has 1 heterocycles. The van der Waals surface area contributed by atoms with Crippen molar-refractivity contribution in [2.24, 2.45) is 11.7 Å². The molecule has 0 unspecified atom stereocenters. The number of aliphatic hydroxyl groups is 1. The van der Waals surface area contributed by atoms with Crippen molar-refractivity contribution in [1.82, 2.24) is 14.9 Å². The molecular weight excluding hydrogens is 358 g/mol. The SMILES string of the molecule is CN(Cc1nc2ccc(F)cc2[nH]1)C(=O)[C@H]1C[C@H](N)[C@@H](O)C1.Cl.Cl. The van der Waals surface area contributed by atoms with E-state index in [-0.39, 0.29) is 48.5 Å². The first-order valence-corrected chi connectivity index (χ1v) is 7.27. The summed E-state index contributed by atoms with van der Waals surface area (Å²) in [5, 5.41) is 9.66. The summed E-state index contributed by atoms with van der Waals surface area (Å²) in [6.07, 6.45) is 0.280. The van der Waals surface area contributed by atoms with E-state index in [1.807, 2.05) is 0 Å². The lowest BCUT2D eigenvalue weighted by Crippen LogP contribution is -2.32. The molecule has 1 aromatic heterocycles. The molecule has 1 aliphatic carbocycles. The second-order valence-corrected chi connectivity index (χ2v) is 5.94. The molecule has 1 saturated carbocycles. The van der Waals surface area contributed by atoms with Crippen LogP contribution in [0.25, 0.3) is 11.0 Å². The summed E-state index contributed by atoms with van der Waals surface area (Å²) in [5.41, 5.74) is 7.02. The number of fused-ring (bicyclic) bond motifs is 1. The number of H-pyrrole nitrogens is 1. The van der Waals surface area contributed by atoms with Crippen molar-refractivity contribution in [3.63, 3.8) is 0 Å². The molecule has 3 atom stereocenters. The van der Waals surface area contributed by atoms with Crippen LogP contribution in [0.5, 0.6) is 0 Å². The van der Waals surface area contributed by atoms with Crippen LogP contribution < -0.4 is 5.73 Å². The Morgan fingerprint density at radius 1 is 1.46 bits per heavy atom. The molecular formula is C15H21Cl2FN4O2. The molecule has 0 spiro atoms. The third-order valence-corrected chi connectivity index (χ3v) is 4.18. The van der Waals surface area contributed by atoms with Gasteiger partial charge in [-0.15, -0.1) is 24.8 Å². The Morgan fingerprint density at radius 2 is 2.17 bits per heavy atom. The highest BCUT2D eigenvalue weighted by molar-refractivity contribution is 5.85. The number of aromatic amines is 1. The van der Waals surface area contributed by atoms with Gasteiger partial charge in [0.2, 0.25) is 5.91 Å². The van der Waals surface area contributed by atoms with Gasteiger partial charge in [0.25, 0.3) is 0 Å². The minimum absolute atomic E-state index is 0. The van der Waals surface area contributed by atoms with E-state index in [9.17, 15) is 14.3 Å². The van der Waals surface area contributed by atoms with Crippen LogP contribution in [0, 0.1) is 11.7 Å². The topological polar surface area (TPSA) is 95.2 Å². The number of rotatable bonds is 3. The Hall–Kier alpha value is -1.41. The highest BCUT2D eigenvalue weighted by atomic mass is 35.5. The molecule has 0 aliphatic heterocycles. The third kappa shape index (κ3) is 4.16. The maximum atomic E-state index is 13.2. The van der Waals surface area contributed by atoms with Crippen LogP contribution >= 0.6 is 24.8 Å². The molecule has 1 aliphatic rings. The van der Waals surface area contributed by atoms with Crippen molar-refractivity contribution in [2.75, 3.05) is 7.05 Å². The smallest absolute Gasteiger partial charge is 0.225 e. The molecule has 1 fully saturated rings. The first kappa shape index (κ1) is 20.6. The quantitative estimate of drug-likeness (QED) is 0.755. The van der Waals surface area contributed by atoms with Crippen molar-refractivity contribution >= 4 is 41.8 Å². The monoisotopic (exact) mass is 378 g/mol. The van der Waals surface area contributed by atoms with E-state index in [1.54, 1.807) is 18.0 Å². The predicted octanol–water partition coefficient (Wildman–Crippen LogP) is 1.60. The van der Waals surface area contributed by atoms with Crippen molar-refractivity contribution in [2.45, 2.75) is 31.5 Å². The fraction of sp³-hybridized carbons (Fsp3) is 0.467. The van der Waals surface area contributed by atoms with Crippen molar-refractivity contribution in [3.05, 3.63) is 29.8 Å². The molecule has 0 radical (unpaired) electrons. The van der Waals surface area contributed by atoms with Gasteiger partial charge in [0.05, 0.1) is 23.7 Å². The molecule has 0 bridgehead atoms. The van der Waals surface area contributed by atoms with E-state index in [4.69, 9.17) is 5.73 Å². The molecule has 3 rings (SSSR count). The van der Waals surface area contributed by atoms with Crippen LogP contribution in [0.4, 0.5) is 4.39 Å². The van der Waals surface area contributed by atoms with Gasteiger partial charge in [-0.3, -0.25) is 4.79 Å². The fourth-order valence-corrected chi connectivity index (χ4v) is 2.97. The number of carbonyl (C=O) groups is 1. The van der Waals surface area contributed by atoms with Crippen LogP contribution in [0.2, 0.25) is 0 Å². The highest BCUT2D eigenvalue weighted by Gasteiger charge is 2.36. The zero-order valence-corrected chi connectivity index (χ0v) is 14.7. The summed E-state index contributed by atoms with van der Waals surface area (Å²) in [7, 11) is 1.69. The van der Waals surface area contributed by atoms with Gasteiger partial charge in [0.1, 0.15) is 11.6 Å². The summed E-state index contributed by atoms with van der Waals surface area (Å²) in [5.74, 6) is -0.0455. The average Bonchev–Trinajstić information content (AvgIpc) is 3.01. The molecule has 134 valence electrons. The number of carbonyl (C=O) groups excluding carboxylic acids is 1. The highest BCUT2D eigenvalue weighted by Crippen LogP contribution is 2.26. The number of aromatic nitrogens is 2. The van der Waals surface area contributed by atoms with Crippen LogP contribution in [-0.2, 0) is 11.3 Å². The lowest BCUT2D eigenvalue weighted by molar-refractivity contribution is -0.134. The molecule has 1 amide bonds. The lowest BCUT2D eigenvalue weighted by Gasteiger charge is -2.19. The maximum absolute atomic E-state index is 13.2. The Kier molecular flexibility index (Phi) is 6.97. The van der Waals surface area contributed by atoms with Gasteiger partial charge in [0, 0.05) is 19.0 Å². The summed E-state index contributed by atoms with van der Waals surface area (Å²) >= 11 is 0. The number of nitrogens with zero attached hydrogens (tertiary/aromatic N) is 2. The number of aliphatic hydroxyl groups excluding tert-OH is 1. The second kappa shape index (κ2) is 8.11. The molecule has 24 heavy (non-hydrogen) atoms. The van der Waals surface area contributed by atoms with Gasteiger partial charge in [0.15, 0.2) is 0 Å². The Labute approximate surface area is 151 Å². The summed E-state index contributed by atoms with van der Waals surface area (Å²) in [4.78, 5) is 21.3. The van der Waals surface area contributed by atoms with E-state index >= 15 is 0 Å². The van der Waals surface area contributed by atoms with Crippen LogP contribution in [0.15, 0.2) is 18.2 Å². The number of imidazole rings is 1. The van der Waals surface area contributed by atoms with E-state index in [0.717, 1.165) is 0 Å². The van der Waals surface area contributed by atoms with Crippen molar-refractivity contribution < 1.29 is 14.3 Å². The standard InChI is InChI=1S/C15H19FN4O2.2ClH/c1-20(15(22)8-4-10(17)13(21)5-8)7-14-18-11-3-2-9(16)6-12(11)19-14;;/h2-3,6,8,10,13,21H,4-5,7,17H2,1H3,(H,18,19);2*1H/t8-,10-,13-;;/m0../s1. The zero-order chi connectivity index (χ0) is 15.9. The Bertz CT molecular complexity index is 702. The fourth-order valence-electron chi connectivity index (χ4n) is 2.97. The van der Waals surface area contributed by atoms with Gasteiger partial charge >= 0.3 is 0 Å². The molecule has 6 nitrogen and oxygen atoms in total. The predicted molar refractivity (Wildman–Crippen MR) is 93.7 cm³/mol. The minimum Gasteiger partial charge on any atom is -0.391 e. The van der Waals surface area contributed by atoms with E-state index < -0.39 is 6.10 Å². The normalized spacial score (nSPS) is 22.8. The van der Waals surface area contributed by atoms with Gasteiger partial charge < -0.3 is 20.7 Å². The summed E-state index contributed by atoms with van der Waals surface area (Å²) in [6, 6.07) is 3.98. The molecule has 2 aromatic rings. The van der Waals surface area contributed by atoms with Crippen molar-refractivity contribution in [1.29, 1.82) is 0 Å². The third-order valence-electron chi connectivity index (χ3n) is 4.18. The first-order valence-electron chi connectivity index (χ1n) is 7.27. The minimum atomic E-state index is -0.614. The van der Waals surface area contributed by atoms with Gasteiger partial charge in [-0.1, -0.05) is 0 Å². The summed E-state index contributed by atoms with van der Waals surface area (Å²) in [6.45, 7) is 0.303. The van der Waals surface area contributed by atoms with Gasteiger partial charge in [-0.05, 0) is 31.0 Å².